The fraction of sp³-hybridized carbons (Fsp3) is 0.222. The summed E-state index contributed by atoms with van der Waals surface area (Å²) in [5.41, 5.74) is 3.56. The zero-order chi connectivity index (χ0) is 16.8. The van der Waals surface area contributed by atoms with Crippen molar-refractivity contribution in [2.75, 3.05) is 11.9 Å². The van der Waals surface area contributed by atoms with Gasteiger partial charge in [-0.2, -0.15) is 0 Å². The number of nitrogens with one attached hydrogen (secondary N) is 1. The number of aryl methyl sites for hydroxylation is 2. The van der Waals surface area contributed by atoms with Gasteiger partial charge in [0.1, 0.15) is 0 Å². The third-order valence-corrected chi connectivity index (χ3v) is 3.92. The van der Waals surface area contributed by atoms with Crippen LogP contribution in [-0.2, 0) is 20.7 Å². The molecule has 0 radical (unpaired) electrons. The summed E-state index contributed by atoms with van der Waals surface area (Å²) in [5, 5.41) is 2.73. The van der Waals surface area contributed by atoms with Crippen LogP contribution in [0.25, 0.3) is 0 Å². The Labute approximate surface area is 144 Å². The highest BCUT2D eigenvalue weighted by Gasteiger charge is 2.11. The van der Waals surface area contributed by atoms with Crippen molar-refractivity contribution in [3.05, 3.63) is 63.6 Å². The Hall–Kier alpha value is -2.14. The molecule has 0 aliphatic heterocycles. The van der Waals surface area contributed by atoms with E-state index in [9.17, 15) is 9.59 Å². The first kappa shape index (κ1) is 17.2. The number of ether oxygens (including phenoxy) is 1. The second-order valence-corrected chi connectivity index (χ2v) is 6.19. The monoisotopic (exact) mass is 375 g/mol. The Balaban J connectivity index is 1.84. The molecule has 0 spiro atoms. The Bertz CT molecular complexity index is 728. The smallest absolute Gasteiger partial charge is 0.310 e. The molecule has 0 aliphatic carbocycles. The summed E-state index contributed by atoms with van der Waals surface area (Å²) in [4.78, 5) is 23.7. The van der Waals surface area contributed by atoms with Gasteiger partial charge in [-0.05, 0) is 48.7 Å². The maximum Gasteiger partial charge on any atom is 0.310 e. The fourth-order valence-corrected chi connectivity index (χ4v) is 2.59. The average Bonchev–Trinajstić information content (AvgIpc) is 2.50. The lowest BCUT2D eigenvalue weighted by Crippen LogP contribution is -2.22. The molecule has 5 heteroatoms. The van der Waals surface area contributed by atoms with Crippen LogP contribution in [0.4, 0.5) is 5.69 Å². The molecule has 0 saturated heterocycles. The van der Waals surface area contributed by atoms with Crippen LogP contribution in [0.1, 0.15) is 16.7 Å². The van der Waals surface area contributed by atoms with Gasteiger partial charge in [0.05, 0.1) is 6.42 Å². The van der Waals surface area contributed by atoms with Crippen molar-refractivity contribution < 1.29 is 14.3 Å². The number of halogens is 1. The zero-order valence-electron chi connectivity index (χ0n) is 13.1. The lowest BCUT2D eigenvalue weighted by molar-refractivity contribution is -0.146. The van der Waals surface area contributed by atoms with Crippen molar-refractivity contribution >= 4 is 33.5 Å². The minimum Gasteiger partial charge on any atom is -0.455 e. The minimum atomic E-state index is -0.415. The molecule has 23 heavy (non-hydrogen) atoms. The molecule has 2 aromatic rings. The van der Waals surface area contributed by atoms with E-state index in [-0.39, 0.29) is 18.9 Å². The van der Waals surface area contributed by atoms with Crippen molar-refractivity contribution in [2.24, 2.45) is 0 Å². The first-order valence-electron chi connectivity index (χ1n) is 7.22. The van der Waals surface area contributed by atoms with Crippen molar-refractivity contribution in [2.45, 2.75) is 20.3 Å². The maximum absolute atomic E-state index is 11.9. The third-order valence-electron chi connectivity index (χ3n) is 3.42. The first-order valence-corrected chi connectivity index (χ1v) is 8.01. The number of benzene rings is 2. The average molecular weight is 376 g/mol. The van der Waals surface area contributed by atoms with E-state index < -0.39 is 5.97 Å². The van der Waals surface area contributed by atoms with Crippen LogP contribution in [0.3, 0.4) is 0 Å². The Morgan fingerprint density at radius 3 is 2.52 bits per heavy atom. The number of hydrogen-bond acceptors (Lipinski definition) is 3. The summed E-state index contributed by atoms with van der Waals surface area (Å²) < 4.78 is 5.98. The fourth-order valence-electron chi connectivity index (χ4n) is 2.11. The van der Waals surface area contributed by atoms with Crippen LogP contribution in [-0.4, -0.2) is 18.5 Å². The topological polar surface area (TPSA) is 55.4 Å². The molecule has 0 aromatic heterocycles. The SMILES string of the molecule is Cc1ccccc1CC(=O)OCC(=O)Nc1ccc(Br)cc1C. The molecular weight excluding hydrogens is 358 g/mol. The normalized spacial score (nSPS) is 10.2. The van der Waals surface area contributed by atoms with Crippen LogP contribution in [0.5, 0.6) is 0 Å². The zero-order valence-corrected chi connectivity index (χ0v) is 14.6. The summed E-state index contributed by atoms with van der Waals surface area (Å²) in [6, 6.07) is 13.1. The van der Waals surface area contributed by atoms with Crippen LogP contribution in [0, 0.1) is 13.8 Å². The summed E-state index contributed by atoms with van der Waals surface area (Å²) in [5.74, 6) is -0.768. The molecule has 0 fully saturated rings. The molecule has 2 rings (SSSR count). The molecule has 1 N–H and O–H groups in total. The van der Waals surface area contributed by atoms with Gasteiger partial charge < -0.3 is 10.1 Å². The van der Waals surface area contributed by atoms with E-state index in [1.54, 1.807) is 6.07 Å². The number of esters is 1. The predicted molar refractivity (Wildman–Crippen MR) is 93.4 cm³/mol. The van der Waals surface area contributed by atoms with Gasteiger partial charge in [0.25, 0.3) is 5.91 Å². The Morgan fingerprint density at radius 2 is 1.83 bits per heavy atom. The molecule has 1 amide bonds. The molecule has 0 aliphatic rings. The number of carbonyl (C=O) groups is 2. The van der Waals surface area contributed by atoms with Crippen molar-refractivity contribution in [1.82, 2.24) is 0 Å². The first-order chi connectivity index (χ1) is 11.0. The van der Waals surface area contributed by atoms with Crippen LogP contribution >= 0.6 is 15.9 Å². The highest BCUT2D eigenvalue weighted by molar-refractivity contribution is 9.10. The highest BCUT2D eigenvalue weighted by Crippen LogP contribution is 2.19. The van der Waals surface area contributed by atoms with E-state index in [0.717, 1.165) is 21.2 Å². The largest absolute Gasteiger partial charge is 0.455 e. The van der Waals surface area contributed by atoms with E-state index in [0.29, 0.717) is 5.69 Å². The number of rotatable bonds is 5. The van der Waals surface area contributed by atoms with Crippen molar-refractivity contribution in [3.8, 4) is 0 Å². The molecule has 0 bridgehead atoms. The third kappa shape index (κ3) is 5.21. The minimum absolute atomic E-state index is 0.164. The molecule has 0 atom stereocenters. The number of hydrogen-bond donors (Lipinski definition) is 1. The lowest BCUT2D eigenvalue weighted by atomic mass is 10.1. The lowest BCUT2D eigenvalue weighted by Gasteiger charge is -2.10. The maximum atomic E-state index is 11.9. The second-order valence-electron chi connectivity index (χ2n) is 5.27. The number of amides is 1. The summed E-state index contributed by atoms with van der Waals surface area (Å²) in [6.45, 7) is 3.54. The molecule has 4 nitrogen and oxygen atoms in total. The number of anilines is 1. The second kappa shape index (κ2) is 7.92. The molecule has 0 saturated carbocycles. The van der Waals surface area contributed by atoms with Gasteiger partial charge in [-0.25, -0.2) is 0 Å². The van der Waals surface area contributed by atoms with E-state index in [1.807, 2.05) is 50.2 Å². The molecule has 2 aromatic carbocycles. The van der Waals surface area contributed by atoms with Crippen molar-refractivity contribution in [3.63, 3.8) is 0 Å². The predicted octanol–water partition coefficient (Wildman–Crippen LogP) is 3.79. The van der Waals surface area contributed by atoms with Crippen molar-refractivity contribution in [1.29, 1.82) is 0 Å². The van der Waals surface area contributed by atoms with Gasteiger partial charge in [-0.15, -0.1) is 0 Å². The van der Waals surface area contributed by atoms with Crippen LogP contribution in [0.15, 0.2) is 46.9 Å². The molecule has 120 valence electrons. The highest BCUT2D eigenvalue weighted by atomic mass is 79.9. The van der Waals surface area contributed by atoms with Gasteiger partial charge >= 0.3 is 5.97 Å². The van der Waals surface area contributed by atoms with E-state index in [4.69, 9.17) is 4.74 Å². The Morgan fingerprint density at radius 1 is 1.09 bits per heavy atom. The summed E-state index contributed by atoms with van der Waals surface area (Å²) in [6.07, 6.45) is 0.164. The molecule has 0 unspecified atom stereocenters. The van der Waals surface area contributed by atoms with Crippen LogP contribution in [0.2, 0.25) is 0 Å². The van der Waals surface area contributed by atoms with E-state index in [1.165, 1.54) is 0 Å². The van der Waals surface area contributed by atoms with Gasteiger partial charge in [0.15, 0.2) is 6.61 Å². The van der Waals surface area contributed by atoms with Gasteiger partial charge in [0, 0.05) is 10.2 Å². The van der Waals surface area contributed by atoms with E-state index >= 15 is 0 Å². The molecule has 0 heterocycles. The van der Waals surface area contributed by atoms with Crippen LogP contribution < -0.4 is 5.32 Å². The van der Waals surface area contributed by atoms with E-state index in [2.05, 4.69) is 21.2 Å². The quantitative estimate of drug-likeness (QED) is 0.808. The van der Waals surface area contributed by atoms with Gasteiger partial charge in [0.2, 0.25) is 0 Å². The molecular formula is C18H18BrNO3. The summed E-state index contributed by atoms with van der Waals surface area (Å²) in [7, 11) is 0. The Kier molecular flexibility index (Phi) is 5.93. The van der Waals surface area contributed by atoms with Gasteiger partial charge in [-0.3, -0.25) is 9.59 Å². The van der Waals surface area contributed by atoms with Gasteiger partial charge in [-0.1, -0.05) is 40.2 Å². The summed E-state index contributed by atoms with van der Waals surface area (Å²) >= 11 is 3.37. The number of carbonyl (C=O) groups excluding carboxylic acids is 2. The standard InChI is InChI=1S/C18H18BrNO3/c1-12-5-3-4-6-14(12)10-18(22)23-11-17(21)20-16-8-7-15(19)9-13(16)2/h3-9H,10-11H2,1-2H3,(H,20,21).